The molecular weight excluding hydrogens is 832 g/mol. The molecule has 0 saturated carbocycles. The normalized spacial score (nSPS) is 23.3. The van der Waals surface area contributed by atoms with Crippen LogP contribution in [0.4, 0.5) is 28.4 Å². The van der Waals surface area contributed by atoms with Crippen molar-refractivity contribution in [1.82, 2.24) is 40.4 Å². The smallest absolute Gasteiger partial charge is 0.407 e. The Morgan fingerprint density at radius 1 is 0.656 bits per heavy atom. The van der Waals surface area contributed by atoms with Crippen LogP contribution in [0.1, 0.15) is 100 Å². The number of hydrogen-bond donors (Lipinski definition) is 4. The molecule has 18 heteroatoms. The van der Waals surface area contributed by atoms with Crippen LogP contribution < -0.4 is 15.5 Å². The number of imidazole rings is 2. The maximum atomic E-state index is 15.1. The van der Waals surface area contributed by atoms with E-state index in [0.717, 1.165) is 29.7 Å². The van der Waals surface area contributed by atoms with Crippen LogP contribution in [0.15, 0.2) is 60.7 Å². The Balaban J connectivity index is 1.07. The lowest BCUT2D eigenvalue weighted by molar-refractivity contribution is -0.136. The van der Waals surface area contributed by atoms with E-state index in [4.69, 9.17) is 19.4 Å². The first-order valence-electron chi connectivity index (χ1n) is 21.7. The number of anilines is 1. The van der Waals surface area contributed by atoms with Crippen molar-refractivity contribution in [3.8, 4) is 0 Å². The minimum atomic E-state index is -1.28. The Hall–Kier alpha value is -6.33. The molecule has 8 rings (SSSR count). The van der Waals surface area contributed by atoms with E-state index >= 15 is 8.78 Å². The Kier molecular flexibility index (Phi) is 12.5. The quantitative estimate of drug-likeness (QED) is 0.104. The minimum absolute atomic E-state index is 0.0481. The summed E-state index contributed by atoms with van der Waals surface area (Å²) in [5.74, 6) is -0.884. The number of alkyl halides is 2. The van der Waals surface area contributed by atoms with Crippen molar-refractivity contribution in [2.24, 2.45) is 11.8 Å². The van der Waals surface area contributed by atoms with E-state index in [-0.39, 0.29) is 55.7 Å². The van der Waals surface area contributed by atoms with Gasteiger partial charge in [0, 0.05) is 18.5 Å². The Morgan fingerprint density at radius 3 is 1.47 bits per heavy atom. The van der Waals surface area contributed by atoms with E-state index < -0.39 is 60.5 Å². The van der Waals surface area contributed by atoms with Crippen LogP contribution in [-0.4, -0.2) is 105 Å². The van der Waals surface area contributed by atoms with Crippen molar-refractivity contribution in [1.29, 1.82) is 0 Å². The number of amides is 4. The third-order valence-corrected chi connectivity index (χ3v) is 12.8. The fourth-order valence-corrected chi connectivity index (χ4v) is 9.59. The van der Waals surface area contributed by atoms with Crippen molar-refractivity contribution >= 4 is 51.8 Å². The van der Waals surface area contributed by atoms with Gasteiger partial charge in [0.25, 0.3) is 0 Å². The molecule has 3 fully saturated rings. The number of rotatable bonds is 11. The zero-order valence-electron chi connectivity index (χ0n) is 36.6. The van der Waals surface area contributed by atoms with E-state index in [1.54, 1.807) is 39.8 Å². The third-order valence-electron chi connectivity index (χ3n) is 12.8. The highest BCUT2D eigenvalue weighted by Gasteiger charge is 2.44. The molecule has 5 heterocycles. The minimum Gasteiger partial charge on any atom is -0.453 e. The number of hydrogen-bond acceptors (Lipinski definition) is 9. The molecule has 3 aromatic carbocycles. The van der Waals surface area contributed by atoms with Gasteiger partial charge < -0.3 is 44.8 Å². The molecule has 0 bridgehead atoms. The molecule has 3 aliphatic rings. The average molecular weight is 886 g/mol. The molecule has 340 valence electrons. The average Bonchev–Trinajstić information content (AvgIpc) is 4.12. The largest absolute Gasteiger partial charge is 0.453 e. The topological polar surface area (TPSA) is 178 Å². The molecule has 2 aromatic heterocycles. The number of halogens is 3. The zero-order valence-corrected chi connectivity index (χ0v) is 36.6. The van der Waals surface area contributed by atoms with Gasteiger partial charge in [0.05, 0.1) is 73.5 Å². The van der Waals surface area contributed by atoms with Crippen LogP contribution in [0, 0.1) is 17.7 Å². The van der Waals surface area contributed by atoms with Crippen LogP contribution in [0.2, 0.25) is 0 Å². The lowest BCUT2D eigenvalue weighted by Gasteiger charge is -2.33. The fraction of sp³-hybridized carbons (Fsp3) is 0.478. The highest BCUT2D eigenvalue weighted by molar-refractivity contribution is 5.88. The van der Waals surface area contributed by atoms with Crippen LogP contribution in [-0.2, 0) is 19.1 Å². The molecule has 8 atom stereocenters. The lowest BCUT2D eigenvalue weighted by Crippen LogP contribution is -2.51. The molecule has 15 nitrogen and oxygen atoms in total. The molecule has 0 radical (unpaired) electrons. The van der Waals surface area contributed by atoms with E-state index in [1.165, 1.54) is 36.2 Å². The SMILES string of the molecule is COC(=O)N[C@H](C(=O)N1C[C@@H](F)C[C@H]1c1nc2cc([C@H]3CC[C@H](c4ccc5[nH]c([C@@H]6C[C@H](F)CN6C(=O)[C@@H](NC(=O)OC)C(C)C)nc5c4)N3c3ccc(F)cc3)ccc2[nH]1)C(C)C. The first kappa shape index (κ1) is 44.3. The number of nitrogens with zero attached hydrogens (tertiary/aromatic N) is 5. The molecule has 0 spiro atoms. The number of aromatic nitrogens is 4. The number of fused-ring (bicyclic) bond motifs is 2. The first-order chi connectivity index (χ1) is 30.6. The second-order valence-electron chi connectivity index (χ2n) is 17.7. The van der Waals surface area contributed by atoms with E-state index in [0.29, 0.717) is 33.7 Å². The van der Waals surface area contributed by atoms with Crippen molar-refractivity contribution in [3.63, 3.8) is 0 Å². The second kappa shape index (κ2) is 18.0. The van der Waals surface area contributed by atoms with Gasteiger partial charge in [-0.15, -0.1) is 0 Å². The number of carbonyl (C=O) groups is 4. The van der Waals surface area contributed by atoms with Crippen molar-refractivity contribution in [3.05, 3.63) is 89.3 Å². The summed E-state index contributed by atoms with van der Waals surface area (Å²) in [6.45, 7) is 6.91. The highest BCUT2D eigenvalue weighted by atomic mass is 19.1. The summed E-state index contributed by atoms with van der Waals surface area (Å²) in [6, 6.07) is 14.7. The predicted molar refractivity (Wildman–Crippen MR) is 232 cm³/mol. The summed E-state index contributed by atoms with van der Waals surface area (Å²) < 4.78 is 54.0. The number of aromatic amines is 2. The molecule has 4 amide bonds. The molecule has 0 unspecified atom stereocenters. The zero-order chi connectivity index (χ0) is 45.6. The Morgan fingerprint density at radius 2 is 1.08 bits per heavy atom. The van der Waals surface area contributed by atoms with Crippen molar-refractivity contribution in [2.45, 2.75) is 102 Å². The number of nitrogens with one attached hydrogen (secondary N) is 4. The molecule has 64 heavy (non-hydrogen) atoms. The monoisotopic (exact) mass is 885 g/mol. The third kappa shape index (κ3) is 8.65. The highest BCUT2D eigenvalue weighted by Crippen LogP contribution is 2.48. The summed E-state index contributed by atoms with van der Waals surface area (Å²) in [4.78, 5) is 73.4. The number of likely N-dealkylation sites (tertiary alicyclic amines) is 2. The number of methoxy groups -OCH3 is 2. The van der Waals surface area contributed by atoms with Gasteiger partial charge in [-0.25, -0.2) is 32.7 Å². The maximum absolute atomic E-state index is 15.1. The van der Waals surface area contributed by atoms with Crippen LogP contribution in [0.25, 0.3) is 22.1 Å². The summed E-state index contributed by atoms with van der Waals surface area (Å²) in [7, 11) is 2.44. The van der Waals surface area contributed by atoms with Gasteiger partial charge in [-0.1, -0.05) is 39.8 Å². The van der Waals surface area contributed by atoms with Gasteiger partial charge in [-0.2, -0.15) is 0 Å². The number of ether oxygens (including phenoxy) is 2. The molecule has 3 aliphatic heterocycles. The van der Waals surface area contributed by atoms with E-state index in [9.17, 15) is 23.6 Å². The lowest BCUT2D eigenvalue weighted by atomic mass is 10.0. The molecule has 3 saturated heterocycles. The van der Waals surface area contributed by atoms with Crippen molar-refractivity contribution in [2.75, 3.05) is 32.2 Å². The molecule has 5 aromatic rings. The van der Waals surface area contributed by atoms with Gasteiger partial charge in [0.15, 0.2) is 0 Å². The molecular formula is C46H54F3N9O6. The Labute approximate surface area is 368 Å². The predicted octanol–water partition coefficient (Wildman–Crippen LogP) is 7.65. The van der Waals surface area contributed by atoms with E-state index in [2.05, 4.69) is 25.5 Å². The first-order valence-corrected chi connectivity index (χ1v) is 21.7. The number of H-pyrrole nitrogens is 2. The van der Waals surface area contributed by atoms with Crippen LogP contribution in [0.5, 0.6) is 0 Å². The summed E-state index contributed by atoms with van der Waals surface area (Å²) >= 11 is 0. The van der Waals surface area contributed by atoms with Crippen LogP contribution >= 0.6 is 0 Å². The summed E-state index contributed by atoms with van der Waals surface area (Å²) in [6.07, 6.45) is -2.48. The summed E-state index contributed by atoms with van der Waals surface area (Å²) in [5.41, 5.74) is 5.42. The maximum Gasteiger partial charge on any atom is 0.407 e. The van der Waals surface area contributed by atoms with Crippen molar-refractivity contribution < 1.29 is 41.8 Å². The summed E-state index contributed by atoms with van der Waals surface area (Å²) in [5, 5.41) is 5.19. The fourth-order valence-electron chi connectivity index (χ4n) is 9.59. The number of benzene rings is 3. The molecule has 0 aliphatic carbocycles. The van der Waals surface area contributed by atoms with Gasteiger partial charge in [-0.05, 0) is 84.3 Å². The Bertz CT molecular complexity index is 2380. The van der Waals surface area contributed by atoms with Crippen LogP contribution in [0.3, 0.4) is 0 Å². The van der Waals surface area contributed by atoms with Gasteiger partial charge >= 0.3 is 12.2 Å². The van der Waals surface area contributed by atoms with Gasteiger partial charge in [-0.3, -0.25) is 9.59 Å². The van der Waals surface area contributed by atoms with Gasteiger partial charge in [0.1, 0.15) is 41.9 Å². The van der Waals surface area contributed by atoms with Gasteiger partial charge in [0.2, 0.25) is 11.8 Å². The number of alkyl carbamates (subject to hydrolysis) is 2. The van der Waals surface area contributed by atoms with E-state index in [1.807, 2.05) is 36.4 Å². The standard InChI is InChI=1S/C46H54F3N9O6/c1-23(2)39(54-45(61)63-5)43(59)56-21-28(48)19-37(56)41-50-31-13-7-25(17-33(31)52-41)35-15-16-36(58(35)30-11-9-27(47)10-12-30)26-8-14-32-34(18-26)53-42(51-32)38-20-29(49)22-57(38)44(60)40(24(3)4)55-46(62)64-6/h7-14,17-18,23-24,28-29,35-40H,15-16,19-22H2,1-6H3,(H,50,52)(H,51,53)(H,54,61)(H,55,62)/t28-,29-,35+,36+,37-,38-,39-,40-/m0/s1. The molecule has 4 N–H and O–H groups in total. The number of carbonyl (C=O) groups excluding carboxylic acids is 4. The second-order valence-corrected chi connectivity index (χ2v) is 17.7.